The normalized spacial score (nSPS) is 13.4. The molecule has 1 aromatic carbocycles. The van der Waals surface area contributed by atoms with Gasteiger partial charge < -0.3 is 19.4 Å². The Balaban J connectivity index is 1.86. The summed E-state index contributed by atoms with van der Waals surface area (Å²) in [5.74, 6) is 1.26. The maximum Gasteiger partial charge on any atom is 0.270 e. The molecular weight excluding hydrogens is 320 g/mol. The van der Waals surface area contributed by atoms with Crippen molar-refractivity contribution in [2.45, 2.75) is 32.4 Å². The van der Waals surface area contributed by atoms with Gasteiger partial charge in [-0.1, -0.05) is 0 Å². The summed E-state index contributed by atoms with van der Waals surface area (Å²) < 4.78 is 10.7. The zero-order valence-electron chi connectivity index (χ0n) is 14.7. The second-order valence-electron chi connectivity index (χ2n) is 6.20. The van der Waals surface area contributed by atoms with Gasteiger partial charge in [0.15, 0.2) is 5.78 Å². The van der Waals surface area contributed by atoms with Gasteiger partial charge in [0.1, 0.15) is 17.2 Å². The number of nitrogens with one attached hydrogen (secondary N) is 1. The van der Waals surface area contributed by atoms with Gasteiger partial charge in [-0.15, -0.1) is 0 Å². The van der Waals surface area contributed by atoms with E-state index in [-0.39, 0.29) is 17.7 Å². The monoisotopic (exact) mass is 342 g/mol. The Bertz CT molecular complexity index is 792. The zero-order chi connectivity index (χ0) is 18.0. The molecule has 1 amide bonds. The fourth-order valence-corrected chi connectivity index (χ4v) is 2.82. The van der Waals surface area contributed by atoms with Gasteiger partial charge in [0.25, 0.3) is 5.91 Å². The number of rotatable bonds is 7. The number of Topliss-reactive ketones (excluding diaryl/α,β-unsaturated/α-hetero) is 1. The molecule has 132 valence electrons. The molecular formula is C19H22N2O4. The predicted octanol–water partition coefficient (Wildman–Crippen LogP) is 3.04. The molecule has 1 aliphatic carbocycles. The Morgan fingerprint density at radius 2 is 1.96 bits per heavy atom. The lowest BCUT2D eigenvalue weighted by molar-refractivity contribution is 0.0723. The Morgan fingerprint density at radius 3 is 2.52 bits per heavy atom. The Labute approximate surface area is 146 Å². The first kappa shape index (κ1) is 17.1. The number of benzene rings is 1. The molecule has 0 aliphatic heterocycles. The molecule has 1 aromatic heterocycles. The van der Waals surface area contributed by atoms with E-state index in [0.717, 1.165) is 29.9 Å². The second kappa shape index (κ2) is 7.01. The predicted molar refractivity (Wildman–Crippen MR) is 93.2 cm³/mol. The van der Waals surface area contributed by atoms with Crippen LogP contribution in [-0.2, 0) is 6.54 Å². The van der Waals surface area contributed by atoms with Crippen LogP contribution in [0.5, 0.6) is 11.5 Å². The molecule has 25 heavy (non-hydrogen) atoms. The van der Waals surface area contributed by atoms with Crippen LogP contribution in [-0.4, -0.2) is 41.8 Å². The molecule has 0 radical (unpaired) electrons. The number of ether oxygens (including phenoxy) is 2. The van der Waals surface area contributed by atoms with Gasteiger partial charge in [-0.3, -0.25) is 9.59 Å². The fraction of sp³-hybridized carbons (Fsp3) is 0.368. The lowest BCUT2D eigenvalue weighted by Gasteiger charge is -2.23. The van der Waals surface area contributed by atoms with Crippen molar-refractivity contribution in [2.24, 2.45) is 0 Å². The first-order chi connectivity index (χ1) is 12.0. The summed E-state index contributed by atoms with van der Waals surface area (Å²) in [6.07, 6.45) is 3.55. The van der Waals surface area contributed by atoms with E-state index < -0.39 is 0 Å². The molecule has 0 unspecified atom stereocenters. The molecule has 0 spiro atoms. The maximum absolute atomic E-state index is 12.9. The van der Waals surface area contributed by atoms with Gasteiger partial charge in [0.2, 0.25) is 0 Å². The lowest BCUT2D eigenvalue weighted by atomic mass is 10.1. The highest BCUT2D eigenvalue weighted by Gasteiger charge is 2.34. The summed E-state index contributed by atoms with van der Waals surface area (Å²) in [5, 5.41) is 0. The largest absolute Gasteiger partial charge is 0.497 e. The molecule has 1 heterocycles. The molecule has 6 heteroatoms. The third-order valence-corrected chi connectivity index (χ3v) is 4.40. The smallest absolute Gasteiger partial charge is 0.270 e. The van der Waals surface area contributed by atoms with Gasteiger partial charge in [0.05, 0.1) is 20.8 Å². The number of amides is 1. The minimum Gasteiger partial charge on any atom is -0.497 e. The summed E-state index contributed by atoms with van der Waals surface area (Å²) >= 11 is 0. The van der Waals surface area contributed by atoms with Gasteiger partial charge >= 0.3 is 0 Å². The number of nitrogens with zero attached hydrogens (tertiary/aromatic N) is 1. The average molecular weight is 342 g/mol. The highest BCUT2D eigenvalue weighted by molar-refractivity contribution is 5.99. The first-order valence-electron chi connectivity index (χ1n) is 8.24. The fourth-order valence-electron chi connectivity index (χ4n) is 2.82. The van der Waals surface area contributed by atoms with Crippen LogP contribution in [0.4, 0.5) is 0 Å². The summed E-state index contributed by atoms with van der Waals surface area (Å²) in [4.78, 5) is 29.1. The number of aromatic nitrogens is 1. The summed E-state index contributed by atoms with van der Waals surface area (Å²) in [6.45, 7) is 1.91. The van der Waals surface area contributed by atoms with Crippen LogP contribution in [0.25, 0.3) is 0 Å². The summed E-state index contributed by atoms with van der Waals surface area (Å²) in [6, 6.07) is 7.38. The van der Waals surface area contributed by atoms with E-state index in [4.69, 9.17) is 9.47 Å². The van der Waals surface area contributed by atoms with Crippen molar-refractivity contribution in [1.82, 2.24) is 9.88 Å². The van der Waals surface area contributed by atoms with Gasteiger partial charge in [-0.25, -0.2) is 0 Å². The number of carbonyl (C=O) groups excluding carboxylic acids is 2. The number of methoxy groups -OCH3 is 2. The van der Waals surface area contributed by atoms with Crippen LogP contribution in [0.15, 0.2) is 30.5 Å². The Kier molecular flexibility index (Phi) is 4.79. The molecule has 1 N–H and O–H groups in total. The van der Waals surface area contributed by atoms with Crippen molar-refractivity contribution in [1.29, 1.82) is 0 Å². The molecule has 0 saturated heterocycles. The first-order valence-corrected chi connectivity index (χ1v) is 8.24. The number of H-pyrrole nitrogens is 1. The molecule has 2 aromatic rings. The third kappa shape index (κ3) is 3.68. The van der Waals surface area contributed by atoms with Crippen molar-refractivity contribution >= 4 is 11.7 Å². The quantitative estimate of drug-likeness (QED) is 0.785. The van der Waals surface area contributed by atoms with Crippen LogP contribution in [0, 0.1) is 0 Å². The van der Waals surface area contributed by atoms with Crippen molar-refractivity contribution in [2.75, 3.05) is 14.2 Å². The lowest BCUT2D eigenvalue weighted by Crippen LogP contribution is -2.33. The molecule has 0 bridgehead atoms. The Hall–Kier alpha value is -2.76. The van der Waals surface area contributed by atoms with Gasteiger partial charge in [0, 0.05) is 23.4 Å². The standard InChI is InChI=1S/C19H22N2O4/c1-12(22)13-9-17(20-10-13)19(23)21(15-4-5-15)11-14-8-16(24-2)6-7-18(14)25-3/h6-10,15,20H,4-5,11H2,1-3H3. The van der Waals surface area contributed by atoms with Crippen molar-refractivity contribution in [3.8, 4) is 11.5 Å². The molecule has 3 rings (SSSR count). The van der Waals surface area contributed by atoms with Crippen LogP contribution >= 0.6 is 0 Å². The number of aromatic amines is 1. The van der Waals surface area contributed by atoms with E-state index >= 15 is 0 Å². The van der Waals surface area contributed by atoms with Crippen molar-refractivity contribution in [3.05, 3.63) is 47.3 Å². The maximum atomic E-state index is 12.9. The highest BCUT2D eigenvalue weighted by Crippen LogP contribution is 2.33. The second-order valence-corrected chi connectivity index (χ2v) is 6.20. The summed E-state index contributed by atoms with van der Waals surface area (Å²) in [5.41, 5.74) is 1.83. The van der Waals surface area contributed by atoms with Gasteiger partial charge in [-0.2, -0.15) is 0 Å². The number of carbonyl (C=O) groups is 2. The minimum absolute atomic E-state index is 0.0669. The van der Waals surface area contributed by atoms with Crippen LogP contribution in [0.3, 0.4) is 0 Å². The Morgan fingerprint density at radius 1 is 1.20 bits per heavy atom. The van der Waals surface area contributed by atoms with E-state index in [1.807, 2.05) is 23.1 Å². The van der Waals surface area contributed by atoms with E-state index in [9.17, 15) is 9.59 Å². The molecule has 1 saturated carbocycles. The topological polar surface area (TPSA) is 71.6 Å². The van der Waals surface area contributed by atoms with Crippen LogP contribution < -0.4 is 9.47 Å². The molecule has 0 atom stereocenters. The van der Waals surface area contributed by atoms with Crippen LogP contribution in [0.2, 0.25) is 0 Å². The van der Waals surface area contributed by atoms with Crippen LogP contribution in [0.1, 0.15) is 46.2 Å². The van der Waals surface area contributed by atoms with Crippen molar-refractivity contribution in [3.63, 3.8) is 0 Å². The van der Waals surface area contributed by atoms with E-state index in [1.165, 1.54) is 6.92 Å². The average Bonchev–Trinajstić information content (AvgIpc) is 3.33. The third-order valence-electron chi connectivity index (χ3n) is 4.40. The van der Waals surface area contributed by atoms with E-state index in [2.05, 4.69) is 4.98 Å². The number of hydrogen-bond donors (Lipinski definition) is 1. The minimum atomic E-state index is -0.111. The van der Waals surface area contributed by atoms with E-state index in [1.54, 1.807) is 26.5 Å². The number of hydrogen-bond acceptors (Lipinski definition) is 4. The van der Waals surface area contributed by atoms with E-state index in [0.29, 0.717) is 17.8 Å². The van der Waals surface area contributed by atoms with Gasteiger partial charge in [-0.05, 0) is 44.0 Å². The summed E-state index contributed by atoms with van der Waals surface area (Å²) in [7, 11) is 3.22. The number of ketones is 1. The van der Waals surface area contributed by atoms with Crippen molar-refractivity contribution < 1.29 is 19.1 Å². The molecule has 6 nitrogen and oxygen atoms in total. The SMILES string of the molecule is COc1ccc(OC)c(CN(C(=O)c2cc(C(C)=O)c[nH]2)C2CC2)c1. The molecule has 1 fully saturated rings. The highest BCUT2D eigenvalue weighted by atomic mass is 16.5. The molecule has 1 aliphatic rings. The zero-order valence-corrected chi connectivity index (χ0v) is 14.7.